The molecule has 0 radical (unpaired) electrons. The first-order valence-electron chi connectivity index (χ1n) is 5.23. The largest absolute Gasteiger partial charge is 0.240 e. The first-order valence-corrected chi connectivity index (χ1v) is 6.74. The monoisotopic (exact) mass is 319 g/mol. The van der Waals surface area contributed by atoms with Crippen LogP contribution in [0.3, 0.4) is 0 Å². The molecule has 0 unspecified atom stereocenters. The van der Waals surface area contributed by atoms with Crippen LogP contribution in [0.25, 0.3) is 0 Å². The van der Waals surface area contributed by atoms with E-state index in [4.69, 9.17) is 46.4 Å². The summed E-state index contributed by atoms with van der Waals surface area (Å²) in [4.78, 5) is 4.27. The Hall–Kier alpha value is -0.470. The zero-order valence-electron chi connectivity index (χ0n) is 9.48. The molecule has 0 aliphatic heterocycles. The Bertz CT molecular complexity index is 576. The highest BCUT2D eigenvalue weighted by atomic mass is 35.5. The molecule has 1 nitrogen and oxygen atoms in total. The molecule has 0 saturated carbocycles. The number of benzene rings is 1. The van der Waals surface area contributed by atoms with Crippen molar-refractivity contribution in [3.8, 4) is 0 Å². The number of hydrogen-bond acceptors (Lipinski definition) is 1. The van der Waals surface area contributed by atoms with Crippen molar-refractivity contribution in [2.75, 3.05) is 0 Å². The molecule has 0 bridgehead atoms. The van der Waals surface area contributed by atoms with Gasteiger partial charge in [0.05, 0.1) is 5.69 Å². The summed E-state index contributed by atoms with van der Waals surface area (Å²) < 4.78 is 0. The van der Waals surface area contributed by atoms with Crippen LogP contribution in [-0.4, -0.2) is 4.98 Å². The number of hydrogen-bond donors (Lipinski definition) is 0. The quantitative estimate of drug-likeness (QED) is 0.657. The summed E-state index contributed by atoms with van der Waals surface area (Å²) in [5, 5.41) is 2.18. The van der Waals surface area contributed by atoms with E-state index in [1.807, 2.05) is 6.92 Å². The summed E-state index contributed by atoms with van der Waals surface area (Å²) >= 11 is 24.2. The normalized spacial score (nSPS) is 10.7. The molecule has 5 heteroatoms. The standard InChI is InChI=1S/C13H9Cl4N/c1-7-11(16)6-13(17)18-12(7)5-8-9(14)3-2-4-10(8)15/h2-4,6H,5H2,1H3. The Morgan fingerprint density at radius 3 is 2.22 bits per heavy atom. The third kappa shape index (κ3) is 2.92. The Morgan fingerprint density at radius 1 is 1.00 bits per heavy atom. The Kier molecular flexibility index (Phi) is 4.39. The number of halogens is 4. The first kappa shape index (κ1) is 14.0. The summed E-state index contributed by atoms with van der Waals surface area (Å²) in [6, 6.07) is 7.02. The van der Waals surface area contributed by atoms with Gasteiger partial charge in [-0.2, -0.15) is 0 Å². The van der Waals surface area contributed by atoms with Gasteiger partial charge < -0.3 is 0 Å². The van der Waals surface area contributed by atoms with E-state index in [0.29, 0.717) is 26.6 Å². The summed E-state index contributed by atoms with van der Waals surface area (Å²) in [7, 11) is 0. The maximum atomic E-state index is 6.13. The summed E-state index contributed by atoms with van der Waals surface area (Å²) in [5.41, 5.74) is 2.49. The smallest absolute Gasteiger partial charge is 0.130 e. The maximum absolute atomic E-state index is 6.13. The molecule has 0 saturated heterocycles. The lowest BCUT2D eigenvalue weighted by atomic mass is 10.1. The van der Waals surface area contributed by atoms with Crippen molar-refractivity contribution in [3.05, 3.63) is 61.3 Å². The van der Waals surface area contributed by atoms with Crippen LogP contribution in [0.1, 0.15) is 16.8 Å². The van der Waals surface area contributed by atoms with E-state index in [1.54, 1.807) is 24.3 Å². The minimum Gasteiger partial charge on any atom is -0.240 e. The number of nitrogens with zero attached hydrogens (tertiary/aromatic N) is 1. The van der Waals surface area contributed by atoms with Crippen LogP contribution >= 0.6 is 46.4 Å². The maximum Gasteiger partial charge on any atom is 0.130 e. The van der Waals surface area contributed by atoms with E-state index in [1.165, 1.54) is 0 Å². The zero-order valence-corrected chi connectivity index (χ0v) is 12.5. The highest BCUT2D eigenvalue weighted by molar-refractivity contribution is 6.36. The van der Waals surface area contributed by atoms with Crippen LogP contribution in [0.2, 0.25) is 20.2 Å². The van der Waals surface area contributed by atoms with Gasteiger partial charge in [-0.15, -0.1) is 0 Å². The van der Waals surface area contributed by atoms with Gasteiger partial charge in [0.15, 0.2) is 0 Å². The van der Waals surface area contributed by atoms with E-state index in [9.17, 15) is 0 Å². The molecule has 2 rings (SSSR count). The SMILES string of the molecule is Cc1c(Cl)cc(Cl)nc1Cc1c(Cl)cccc1Cl. The minimum atomic E-state index is 0.365. The zero-order chi connectivity index (χ0) is 13.3. The molecule has 0 atom stereocenters. The highest BCUT2D eigenvalue weighted by Gasteiger charge is 2.12. The third-order valence-electron chi connectivity index (χ3n) is 2.68. The molecular formula is C13H9Cl4N. The van der Waals surface area contributed by atoms with Crippen LogP contribution in [0, 0.1) is 6.92 Å². The fourth-order valence-corrected chi connectivity index (χ4v) is 2.65. The van der Waals surface area contributed by atoms with Crippen LogP contribution in [0.15, 0.2) is 24.3 Å². The Labute approximate surface area is 126 Å². The lowest BCUT2D eigenvalue weighted by Gasteiger charge is -2.10. The Morgan fingerprint density at radius 2 is 1.61 bits per heavy atom. The van der Waals surface area contributed by atoms with Crippen LogP contribution < -0.4 is 0 Å². The van der Waals surface area contributed by atoms with Crippen molar-refractivity contribution in [2.24, 2.45) is 0 Å². The van der Waals surface area contributed by atoms with Crippen molar-refractivity contribution in [3.63, 3.8) is 0 Å². The highest BCUT2D eigenvalue weighted by Crippen LogP contribution is 2.29. The van der Waals surface area contributed by atoms with Gasteiger partial charge in [-0.3, -0.25) is 0 Å². The van der Waals surface area contributed by atoms with Crippen LogP contribution in [-0.2, 0) is 6.42 Å². The summed E-state index contributed by atoms with van der Waals surface area (Å²) in [5.74, 6) is 0. The van der Waals surface area contributed by atoms with E-state index in [0.717, 1.165) is 16.8 Å². The lowest BCUT2D eigenvalue weighted by Crippen LogP contribution is -1.98. The molecule has 0 fully saturated rings. The van der Waals surface area contributed by atoms with Crippen molar-refractivity contribution in [1.82, 2.24) is 4.98 Å². The average Bonchev–Trinajstić information content (AvgIpc) is 2.30. The molecule has 0 aliphatic rings. The predicted octanol–water partition coefficient (Wildman–Crippen LogP) is 5.59. The van der Waals surface area contributed by atoms with E-state index in [-0.39, 0.29) is 0 Å². The molecule has 1 aromatic heterocycles. The van der Waals surface area contributed by atoms with Gasteiger partial charge in [0.1, 0.15) is 5.15 Å². The molecule has 0 aliphatic carbocycles. The molecule has 0 spiro atoms. The molecule has 0 N–H and O–H groups in total. The average molecular weight is 321 g/mol. The number of aromatic nitrogens is 1. The molecule has 18 heavy (non-hydrogen) atoms. The molecule has 1 heterocycles. The molecular weight excluding hydrogens is 312 g/mol. The lowest BCUT2D eigenvalue weighted by molar-refractivity contribution is 1.04. The van der Waals surface area contributed by atoms with Crippen molar-refractivity contribution < 1.29 is 0 Å². The predicted molar refractivity (Wildman–Crippen MR) is 78.3 cm³/mol. The molecule has 2 aromatic rings. The van der Waals surface area contributed by atoms with E-state index in [2.05, 4.69) is 4.98 Å². The van der Waals surface area contributed by atoms with Gasteiger partial charge in [-0.1, -0.05) is 52.5 Å². The molecule has 0 amide bonds. The van der Waals surface area contributed by atoms with Crippen molar-refractivity contribution >= 4 is 46.4 Å². The fourth-order valence-electron chi connectivity index (χ4n) is 1.64. The molecule has 94 valence electrons. The van der Waals surface area contributed by atoms with Gasteiger partial charge in [-0.05, 0) is 36.2 Å². The second kappa shape index (κ2) is 5.66. The van der Waals surface area contributed by atoms with Gasteiger partial charge >= 0.3 is 0 Å². The van der Waals surface area contributed by atoms with E-state index >= 15 is 0 Å². The number of pyridine rings is 1. The van der Waals surface area contributed by atoms with Gasteiger partial charge in [0.25, 0.3) is 0 Å². The number of rotatable bonds is 2. The second-order valence-corrected chi connectivity index (χ2v) is 5.48. The Balaban J connectivity index is 2.46. The summed E-state index contributed by atoms with van der Waals surface area (Å²) in [6.45, 7) is 1.89. The van der Waals surface area contributed by atoms with Crippen LogP contribution in [0.4, 0.5) is 0 Å². The second-order valence-electron chi connectivity index (χ2n) is 3.88. The van der Waals surface area contributed by atoms with Crippen LogP contribution in [0.5, 0.6) is 0 Å². The fraction of sp³-hybridized carbons (Fsp3) is 0.154. The minimum absolute atomic E-state index is 0.365. The third-order valence-corrected chi connectivity index (χ3v) is 3.98. The van der Waals surface area contributed by atoms with Gasteiger partial charge in [-0.25, -0.2) is 4.98 Å². The van der Waals surface area contributed by atoms with Crippen molar-refractivity contribution in [1.29, 1.82) is 0 Å². The van der Waals surface area contributed by atoms with Gasteiger partial charge in [0.2, 0.25) is 0 Å². The van der Waals surface area contributed by atoms with E-state index < -0.39 is 0 Å². The summed E-state index contributed by atoms with van der Waals surface area (Å²) in [6.07, 6.45) is 0.505. The van der Waals surface area contributed by atoms with Gasteiger partial charge in [0, 0.05) is 21.5 Å². The first-order chi connectivity index (χ1) is 8.49. The topological polar surface area (TPSA) is 12.9 Å². The molecule has 1 aromatic carbocycles. The van der Waals surface area contributed by atoms with Crippen molar-refractivity contribution in [2.45, 2.75) is 13.3 Å².